The standard InChI is InChI=1S/C23H26FN5S/c1-14-10-19(17(4)30-14)23-18(11-25-15(2)20-13-28(5)26-16(20)3)12-29(27-23)22-9-7-6-8-21(22)24/h6-10,12-13,15,25H,11H2,1-5H3/t15-/m1/s1. The van der Waals surface area contributed by atoms with Gasteiger partial charge in [0.2, 0.25) is 0 Å². The monoisotopic (exact) mass is 423 g/mol. The highest BCUT2D eigenvalue weighted by Crippen LogP contribution is 2.33. The van der Waals surface area contributed by atoms with Crippen LogP contribution in [0.25, 0.3) is 16.9 Å². The molecule has 0 saturated carbocycles. The molecule has 1 N–H and O–H groups in total. The van der Waals surface area contributed by atoms with Gasteiger partial charge >= 0.3 is 0 Å². The first-order chi connectivity index (χ1) is 14.3. The maximum absolute atomic E-state index is 14.4. The Kier molecular flexibility index (Phi) is 5.58. The van der Waals surface area contributed by atoms with Crippen LogP contribution >= 0.6 is 11.3 Å². The number of benzene rings is 1. The van der Waals surface area contributed by atoms with Crippen LogP contribution in [-0.2, 0) is 13.6 Å². The molecule has 0 radical (unpaired) electrons. The second-order valence-corrected chi connectivity index (χ2v) is 9.13. The minimum atomic E-state index is -0.288. The van der Waals surface area contributed by atoms with Gasteiger partial charge in [0.1, 0.15) is 11.5 Å². The SMILES string of the molecule is Cc1cc(-c2nn(-c3ccccc3F)cc2CN[C@H](C)c2cn(C)nc2C)c(C)s1. The van der Waals surface area contributed by atoms with E-state index in [-0.39, 0.29) is 11.9 Å². The number of aromatic nitrogens is 4. The molecule has 0 aliphatic heterocycles. The molecule has 0 aliphatic rings. The molecule has 3 aromatic heterocycles. The number of nitrogens with zero attached hydrogens (tertiary/aromatic N) is 4. The summed E-state index contributed by atoms with van der Waals surface area (Å²) in [5.41, 5.74) is 5.67. The van der Waals surface area contributed by atoms with E-state index >= 15 is 0 Å². The van der Waals surface area contributed by atoms with Gasteiger partial charge in [0.05, 0.1) is 11.4 Å². The number of hydrogen-bond acceptors (Lipinski definition) is 4. The summed E-state index contributed by atoms with van der Waals surface area (Å²) in [6.45, 7) is 8.97. The molecule has 4 rings (SSSR count). The Morgan fingerprint density at radius 3 is 2.53 bits per heavy atom. The molecule has 4 aromatic rings. The molecule has 156 valence electrons. The van der Waals surface area contributed by atoms with Crippen molar-refractivity contribution in [2.75, 3.05) is 0 Å². The molecule has 30 heavy (non-hydrogen) atoms. The largest absolute Gasteiger partial charge is 0.306 e. The number of hydrogen-bond donors (Lipinski definition) is 1. The Morgan fingerprint density at radius 2 is 1.90 bits per heavy atom. The number of para-hydroxylation sites is 1. The van der Waals surface area contributed by atoms with Crippen LogP contribution in [0.2, 0.25) is 0 Å². The molecule has 0 aliphatic carbocycles. The van der Waals surface area contributed by atoms with Gasteiger partial charge < -0.3 is 5.32 Å². The molecule has 3 heterocycles. The molecule has 5 nitrogen and oxygen atoms in total. The second kappa shape index (κ2) is 8.16. The van der Waals surface area contributed by atoms with Crippen LogP contribution in [0.5, 0.6) is 0 Å². The van der Waals surface area contributed by atoms with Crippen molar-refractivity contribution >= 4 is 11.3 Å². The molecule has 0 unspecified atom stereocenters. The maximum atomic E-state index is 14.4. The average molecular weight is 424 g/mol. The van der Waals surface area contributed by atoms with Crippen LogP contribution < -0.4 is 5.32 Å². The van der Waals surface area contributed by atoms with E-state index in [4.69, 9.17) is 5.10 Å². The number of thiophene rings is 1. The first-order valence-corrected chi connectivity index (χ1v) is 10.8. The molecular formula is C23H26FN5S. The summed E-state index contributed by atoms with van der Waals surface area (Å²) >= 11 is 1.75. The fraction of sp³-hybridized carbons (Fsp3) is 0.304. The van der Waals surface area contributed by atoms with Gasteiger partial charge in [0.25, 0.3) is 0 Å². The minimum absolute atomic E-state index is 0.133. The molecule has 1 aromatic carbocycles. The topological polar surface area (TPSA) is 47.7 Å². The number of halogens is 1. The Labute approximate surface area is 180 Å². The van der Waals surface area contributed by atoms with E-state index in [9.17, 15) is 4.39 Å². The van der Waals surface area contributed by atoms with E-state index in [0.717, 1.165) is 22.5 Å². The predicted octanol–water partition coefficient (Wildman–Crippen LogP) is 5.25. The van der Waals surface area contributed by atoms with Crippen LogP contribution in [0.1, 0.15) is 39.5 Å². The summed E-state index contributed by atoms with van der Waals surface area (Å²) in [6.07, 6.45) is 3.97. The van der Waals surface area contributed by atoms with Gasteiger partial charge in [-0.15, -0.1) is 11.3 Å². The average Bonchev–Trinajstić information content (AvgIpc) is 3.36. The molecule has 7 heteroatoms. The third kappa shape index (κ3) is 3.95. The quantitative estimate of drug-likeness (QED) is 0.461. The number of nitrogens with one attached hydrogen (secondary N) is 1. The molecule has 0 saturated heterocycles. The van der Waals surface area contributed by atoms with Crippen LogP contribution in [0.3, 0.4) is 0 Å². The van der Waals surface area contributed by atoms with Crippen molar-refractivity contribution in [3.63, 3.8) is 0 Å². The zero-order valence-corrected chi connectivity index (χ0v) is 18.7. The first kappa shape index (κ1) is 20.5. The fourth-order valence-corrected chi connectivity index (χ4v) is 4.73. The highest BCUT2D eigenvalue weighted by molar-refractivity contribution is 7.12. The number of aryl methyl sites for hydroxylation is 4. The van der Waals surface area contributed by atoms with Crippen molar-refractivity contribution < 1.29 is 4.39 Å². The lowest BCUT2D eigenvalue weighted by atomic mass is 10.1. The van der Waals surface area contributed by atoms with Crippen LogP contribution in [0.15, 0.2) is 42.7 Å². The van der Waals surface area contributed by atoms with Gasteiger partial charge in [-0.05, 0) is 45.9 Å². The van der Waals surface area contributed by atoms with E-state index < -0.39 is 0 Å². The van der Waals surface area contributed by atoms with Gasteiger partial charge in [-0.3, -0.25) is 4.68 Å². The molecule has 0 spiro atoms. The molecule has 0 bridgehead atoms. The third-order valence-corrected chi connectivity index (χ3v) is 6.27. The lowest BCUT2D eigenvalue weighted by molar-refractivity contribution is 0.572. The zero-order valence-electron chi connectivity index (χ0n) is 17.9. The zero-order chi connectivity index (χ0) is 21.4. The van der Waals surface area contributed by atoms with Crippen molar-refractivity contribution in [1.82, 2.24) is 24.9 Å². The lowest BCUT2D eigenvalue weighted by Crippen LogP contribution is -2.18. The van der Waals surface area contributed by atoms with Crippen LogP contribution in [0.4, 0.5) is 4.39 Å². The molecule has 1 atom stereocenters. The van der Waals surface area contributed by atoms with E-state index in [1.165, 1.54) is 21.4 Å². The van der Waals surface area contributed by atoms with E-state index in [0.29, 0.717) is 12.2 Å². The fourth-order valence-electron chi connectivity index (χ4n) is 3.81. The molecular weight excluding hydrogens is 397 g/mol. The predicted molar refractivity (Wildman–Crippen MR) is 120 cm³/mol. The highest BCUT2D eigenvalue weighted by Gasteiger charge is 2.19. The van der Waals surface area contributed by atoms with E-state index in [2.05, 4.69) is 37.3 Å². The molecule has 0 fully saturated rings. The van der Waals surface area contributed by atoms with Crippen molar-refractivity contribution in [3.8, 4) is 16.9 Å². The summed E-state index contributed by atoms with van der Waals surface area (Å²) in [6, 6.07) is 9.01. The molecule has 0 amide bonds. The van der Waals surface area contributed by atoms with E-state index in [1.54, 1.807) is 28.2 Å². The van der Waals surface area contributed by atoms with Crippen molar-refractivity contribution in [2.45, 2.75) is 40.3 Å². The van der Waals surface area contributed by atoms with Gasteiger partial charge in [-0.25, -0.2) is 9.07 Å². The van der Waals surface area contributed by atoms with Gasteiger partial charge in [0, 0.05) is 58.5 Å². The summed E-state index contributed by atoms with van der Waals surface area (Å²) in [5.74, 6) is -0.288. The first-order valence-electron chi connectivity index (χ1n) is 9.98. The Balaban J connectivity index is 1.69. The van der Waals surface area contributed by atoms with Gasteiger partial charge in [-0.2, -0.15) is 10.2 Å². The lowest BCUT2D eigenvalue weighted by Gasteiger charge is -2.13. The van der Waals surface area contributed by atoms with Crippen LogP contribution in [0, 0.1) is 26.6 Å². The highest BCUT2D eigenvalue weighted by atomic mass is 32.1. The third-order valence-electron chi connectivity index (χ3n) is 5.30. The summed E-state index contributed by atoms with van der Waals surface area (Å²) < 4.78 is 17.9. The van der Waals surface area contributed by atoms with Gasteiger partial charge in [0.15, 0.2) is 0 Å². The number of rotatable bonds is 6. The van der Waals surface area contributed by atoms with Crippen molar-refractivity contribution in [3.05, 3.63) is 75.1 Å². The summed E-state index contributed by atoms with van der Waals surface area (Å²) in [4.78, 5) is 2.45. The Bertz CT molecular complexity index is 1190. The summed E-state index contributed by atoms with van der Waals surface area (Å²) in [7, 11) is 1.93. The Morgan fingerprint density at radius 1 is 1.13 bits per heavy atom. The van der Waals surface area contributed by atoms with Crippen molar-refractivity contribution in [2.24, 2.45) is 7.05 Å². The second-order valence-electron chi connectivity index (χ2n) is 7.67. The van der Waals surface area contributed by atoms with Crippen LogP contribution in [-0.4, -0.2) is 19.6 Å². The normalized spacial score (nSPS) is 12.5. The van der Waals surface area contributed by atoms with Crippen molar-refractivity contribution in [1.29, 1.82) is 0 Å². The smallest absolute Gasteiger partial charge is 0.148 e. The van der Waals surface area contributed by atoms with E-state index in [1.807, 2.05) is 37.1 Å². The summed E-state index contributed by atoms with van der Waals surface area (Å²) in [5, 5.41) is 12.8. The minimum Gasteiger partial charge on any atom is -0.306 e. The Hall–Kier alpha value is -2.77. The van der Waals surface area contributed by atoms with Gasteiger partial charge in [-0.1, -0.05) is 12.1 Å². The maximum Gasteiger partial charge on any atom is 0.148 e.